The zero-order chi connectivity index (χ0) is 18.5. The van der Waals surface area contributed by atoms with Crippen molar-refractivity contribution in [2.24, 2.45) is 0 Å². The van der Waals surface area contributed by atoms with Gasteiger partial charge in [0.25, 0.3) is 5.91 Å². The number of benzene rings is 2. The molecule has 27 heavy (non-hydrogen) atoms. The van der Waals surface area contributed by atoms with Crippen molar-refractivity contribution in [1.29, 1.82) is 0 Å². The maximum atomic E-state index is 12.6. The van der Waals surface area contributed by atoms with Gasteiger partial charge in [-0.2, -0.15) is 10.2 Å². The second kappa shape index (κ2) is 7.92. The molecule has 0 aliphatic rings. The Bertz CT molecular complexity index is 1030. The van der Waals surface area contributed by atoms with Crippen LogP contribution in [0, 0.1) is 0 Å². The van der Waals surface area contributed by atoms with Crippen LogP contribution in [0.1, 0.15) is 10.5 Å². The van der Waals surface area contributed by atoms with Crippen molar-refractivity contribution in [3.8, 4) is 0 Å². The van der Waals surface area contributed by atoms with Crippen molar-refractivity contribution in [2.75, 3.05) is 5.32 Å². The largest absolute Gasteiger partial charge is 0.320 e. The monoisotopic (exact) mass is 375 g/mol. The third-order valence-corrected chi connectivity index (χ3v) is 4.91. The first-order chi connectivity index (χ1) is 13.3. The normalized spacial score (nSPS) is 10.7. The van der Waals surface area contributed by atoms with Crippen LogP contribution in [0.2, 0.25) is 0 Å². The van der Waals surface area contributed by atoms with E-state index in [0.717, 1.165) is 15.5 Å². The molecule has 1 amide bonds. The molecule has 0 atom stereocenters. The van der Waals surface area contributed by atoms with Crippen molar-refractivity contribution in [2.45, 2.75) is 16.5 Å². The fourth-order valence-corrected chi connectivity index (χ4v) is 3.48. The van der Waals surface area contributed by atoms with E-state index in [1.165, 1.54) is 0 Å². The van der Waals surface area contributed by atoms with Crippen LogP contribution in [-0.2, 0) is 6.67 Å². The minimum absolute atomic E-state index is 0.240. The van der Waals surface area contributed by atoms with E-state index in [0.29, 0.717) is 12.4 Å². The molecule has 0 saturated carbocycles. The number of amides is 1. The van der Waals surface area contributed by atoms with Crippen molar-refractivity contribution in [3.05, 3.63) is 91.0 Å². The van der Waals surface area contributed by atoms with Gasteiger partial charge < -0.3 is 5.32 Å². The molecule has 0 spiro atoms. The Morgan fingerprint density at radius 3 is 2.56 bits per heavy atom. The smallest absolute Gasteiger partial charge is 0.276 e. The maximum Gasteiger partial charge on any atom is 0.276 e. The first-order valence-electron chi connectivity index (χ1n) is 8.42. The summed E-state index contributed by atoms with van der Waals surface area (Å²) in [5, 5.41) is 11.4. The van der Waals surface area contributed by atoms with Crippen molar-refractivity contribution in [3.63, 3.8) is 0 Å². The third kappa shape index (κ3) is 4.27. The van der Waals surface area contributed by atoms with Crippen molar-refractivity contribution >= 4 is 23.4 Å². The Labute approximate surface area is 160 Å². The summed E-state index contributed by atoms with van der Waals surface area (Å²) >= 11 is 1.61. The molecule has 4 rings (SSSR count). The molecule has 2 aromatic carbocycles. The molecule has 2 aromatic heterocycles. The Hall–Kier alpha value is -3.32. The molecular weight excluding hydrogens is 358 g/mol. The zero-order valence-electron chi connectivity index (χ0n) is 14.4. The zero-order valence-corrected chi connectivity index (χ0v) is 15.2. The molecule has 134 valence electrons. The summed E-state index contributed by atoms with van der Waals surface area (Å²) in [5.74, 6) is -0.240. The number of rotatable bonds is 6. The number of anilines is 1. The molecule has 0 bridgehead atoms. The standard InChI is InChI=1S/C20H17N5OS/c26-20(18-11-14-25(23-18)15-24-13-6-12-21-24)22-17-9-4-5-10-19(17)27-16-7-2-1-3-8-16/h1-14H,15H2,(H,22,26). The van der Waals surface area contributed by atoms with Gasteiger partial charge in [0.05, 0.1) is 5.69 Å². The molecule has 0 fully saturated rings. The number of para-hydroxylation sites is 1. The number of hydrogen-bond acceptors (Lipinski definition) is 4. The predicted octanol–water partition coefficient (Wildman–Crippen LogP) is 3.99. The highest BCUT2D eigenvalue weighted by molar-refractivity contribution is 7.99. The van der Waals surface area contributed by atoms with Crippen LogP contribution in [0.15, 0.2) is 95.1 Å². The highest BCUT2D eigenvalue weighted by atomic mass is 32.2. The van der Waals surface area contributed by atoms with Gasteiger partial charge >= 0.3 is 0 Å². The van der Waals surface area contributed by atoms with Crippen LogP contribution in [0.3, 0.4) is 0 Å². The topological polar surface area (TPSA) is 64.7 Å². The number of nitrogens with zero attached hydrogens (tertiary/aromatic N) is 4. The van der Waals surface area contributed by atoms with Crippen LogP contribution >= 0.6 is 11.8 Å². The van der Waals surface area contributed by atoms with E-state index in [-0.39, 0.29) is 5.91 Å². The Morgan fingerprint density at radius 1 is 0.926 bits per heavy atom. The summed E-state index contributed by atoms with van der Waals surface area (Å²) in [6, 6.07) is 21.3. The van der Waals surface area contributed by atoms with E-state index in [2.05, 4.69) is 15.5 Å². The van der Waals surface area contributed by atoms with E-state index in [9.17, 15) is 4.79 Å². The molecule has 6 nitrogen and oxygen atoms in total. The minimum atomic E-state index is -0.240. The van der Waals surface area contributed by atoms with E-state index in [1.807, 2.05) is 66.9 Å². The first kappa shape index (κ1) is 17.1. The maximum absolute atomic E-state index is 12.6. The summed E-state index contributed by atoms with van der Waals surface area (Å²) in [7, 11) is 0. The van der Waals surface area contributed by atoms with E-state index in [4.69, 9.17) is 0 Å². The lowest BCUT2D eigenvalue weighted by molar-refractivity contribution is 0.102. The van der Waals surface area contributed by atoms with Gasteiger partial charge in [-0.15, -0.1) is 0 Å². The van der Waals surface area contributed by atoms with Gasteiger partial charge in [0, 0.05) is 28.4 Å². The summed E-state index contributed by atoms with van der Waals surface area (Å²) < 4.78 is 3.41. The molecule has 4 aromatic rings. The van der Waals surface area contributed by atoms with Gasteiger partial charge in [0.1, 0.15) is 6.67 Å². The third-order valence-electron chi connectivity index (χ3n) is 3.83. The fourth-order valence-electron chi connectivity index (χ4n) is 2.55. The van der Waals surface area contributed by atoms with Crippen molar-refractivity contribution in [1.82, 2.24) is 19.6 Å². The molecule has 0 radical (unpaired) electrons. The van der Waals surface area contributed by atoms with Crippen LogP contribution in [0.25, 0.3) is 0 Å². The highest BCUT2D eigenvalue weighted by Crippen LogP contribution is 2.33. The van der Waals surface area contributed by atoms with Crippen LogP contribution in [-0.4, -0.2) is 25.5 Å². The Morgan fingerprint density at radius 2 is 1.74 bits per heavy atom. The van der Waals surface area contributed by atoms with Gasteiger partial charge in [-0.25, -0.2) is 0 Å². The van der Waals surface area contributed by atoms with E-state index in [1.54, 1.807) is 39.6 Å². The average molecular weight is 375 g/mol. The van der Waals surface area contributed by atoms with Crippen LogP contribution < -0.4 is 5.32 Å². The van der Waals surface area contributed by atoms with Crippen LogP contribution in [0.4, 0.5) is 5.69 Å². The van der Waals surface area contributed by atoms with Crippen molar-refractivity contribution < 1.29 is 4.79 Å². The summed E-state index contributed by atoms with van der Waals surface area (Å²) in [6.45, 7) is 0.459. The van der Waals surface area contributed by atoms with Gasteiger partial charge in [0.2, 0.25) is 0 Å². The average Bonchev–Trinajstić information content (AvgIpc) is 3.37. The second-order valence-corrected chi connectivity index (χ2v) is 6.91. The number of nitrogens with one attached hydrogen (secondary N) is 1. The minimum Gasteiger partial charge on any atom is -0.320 e. The van der Waals surface area contributed by atoms with Gasteiger partial charge in [-0.3, -0.25) is 14.2 Å². The Kier molecular flexibility index (Phi) is 5.02. The highest BCUT2D eigenvalue weighted by Gasteiger charge is 2.13. The number of carbonyl (C=O) groups excluding carboxylic acids is 1. The SMILES string of the molecule is O=C(Nc1ccccc1Sc1ccccc1)c1ccn(Cn2cccn2)n1. The van der Waals surface area contributed by atoms with Gasteiger partial charge in [-0.1, -0.05) is 42.1 Å². The Balaban J connectivity index is 1.48. The molecule has 0 unspecified atom stereocenters. The quantitative estimate of drug-likeness (QED) is 0.553. The van der Waals surface area contributed by atoms with Gasteiger partial charge in [-0.05, 0) is 36.4 Å². The lowest BCUT2D eigenvalue weighted by Crippen LogP contribution is -2.15. The molecular formula is C20H17N5OS. The first-order valence-corrected chi connectivity index (χ1v) is 9.24. The second-order valence-electron chi connectivity index (χ2n) is 5.79. The number of aromatic nitrogens is 4. The lowest BCUT2D eigenvalue weighted by Gasteiger charge is -2.10. The molecule has 0 saturated heterocycles. The predicted molar refractivity (Wildman–Crippen MR) is 105 cm³/mol. The summed E-state index contributed by atoms with van der Waals surface area (Å²) in [6.07, 6.45) is 5.32. The number of carbonyl (C=O) groups is 1. The molecule has 2 heterocycles. The summed E-state index contributed by atoms with van der Waals surface area (Å²) in [4.78, 5) is 14.7. The fraction of sp³-hybridized carbons (Fsp3) is 0.0500. The molecule has 0 aliphatic carbocycles. The van der Waals surface area contributed by atoms with E-state index >= 15 is 0 Å². The lowest BCUT2D eigenvalue weighted by atomic mass is 10.3. The summed E-state index contributed by atoms with van der Waals surface area (Å²) in [5.41, 5.74) is 1.12. The molecule has 0 aliphatic heterocycles. The van der Waals surface area contributed by atoms with Crippen LogP contribution in [0.5, 0.6) is 0 Å². The molecule has 7 heteroatoms. The van der Waals surface area contributed by atoms with Gasteiger partial charge in [0.15, 0.2) is 5.69 Å². The molecule has 1 N–H and O–H groups in total. The van der Waals surface area contributed by atoms with E-state index < -0.39 is 0 Å². The number of hydrogen-bond donors (Lipinski definition) is 1.